The summed E-state index contributed by atoms with van der Waals surface area (Å²) < 4.78 is 72.1. The van der Waals surface area contributed by atoms with E-state index in [0.29, 0.717) is 53.1 Å². The van der Waals surface area contributed by atoms with Crippen LogP contribution in [-0.2, 0) is 16.0 Å². The highest BCUT2D eigenvalue weighted by molar-refractivity contribution is 5.94. The van der Waals surface area contributed by atoms with Crippen LogP contribution < -0.4 is 15.4 Å². The second-order valence-corrected chi connectivity index (χ2v) is 10.5. The van der Waals surface area contributed by atoms with Gasteiger partial charge in [0.25, 0.3) is 0 Å². The number of carbonyl (C=O) groups excluding carboxylic acids is 1. The number of nitrogens with one attached hydrogen (secondary N) is 2. The topological polar surface area (TPSA) is 97.2 Å². The minimum atomic E-state index is -4.50. The minimum Gasteiger partial charge on any atom is -0.495 e. The van der Waals surface area contributed by atoms with Crippen molar-refractivity contribution in [2.75, 3.05) is 64.7 Å². The van der Waals surface area contributed by atoms with Crippen molar-refractivity contribution in [3.8, 4) is 17.6 Å². The molecule has 0 radical (unpaired) electrons. The highest BCUT2D eigenvalue weighted by Crippen LogP contribution is 2.32. The number of halogens is 4. The summed E-state index contributed by atoms with van der Waals surface area (Å²) in [4.78, 5) is 13.6. The van der Waals surface area contributed by atoms with E-state index >= 15 is 4.39 Å². The molecule has 9 nitrogen and oxygen atoms in total. The molecule has 2 heterocycles. The van der Waals surface area contributed by atoms with Crippen LogP contribution in [0.4, 0.5) is 28.9 Å². The molecule has 2 aromatic carbocycles. The van der Waals surface area contributed by atoms with Gasteiger partial charge in [0.15, 0.2) is 0 Å². The molecule has 238 valence electrons. The summed E-state index contributed by atoms with van der Waals surface area (Å²) in [6.07, 6.45) is -6.02. The van der Waals surface area contributed by atoms with Crippen molar-refractivity contribution in [3.63, 3.8) is 0 Å². The lowest BCUT2D eigenvalue weighted by Crippen LogP contribution is -2.50. The van der Waals surface area contributed by atoms with Gasteiger partial charge in [-0.3, -0.25) is 4.90 Å². The molecular weight excluding hydrogens is 584 g/mol. The number of aliphatic hydroxyl groups excluding tert-OH is 1. The van der Waals surface area contributed by atoms with E-state index in [0.717, 1.165) is 4.57 Å². The van der Waals surface area contributed by atoms with E-state index in [1.165, 1.54) is 27.4 Å². The fourth-order valence-electron chi connectivity index (χ4n) is 5.26. The average Bonchev–Trinajstić information content (AvgIpc) is 3.32. The zero-order valence-corrected chi connectivity index (χ0v) is 24.7. The summed E-state index contributed by atoms with van der Waals surface area (Å²) in [5.41, 5.74) is 1.82. The molecule has 0 amide bonds. The van der Waals surface area contributed by atoms with Crippen LogP contribution in [0.1, 0.15) is 22.5 Å². The van der Waals surface area contributed by atoms with Crippen LogP contribution >= 0.6 is 0 Å². The number of alkyl halides is 4. The third-order valence-corrected chi connectivity index (χ3v) is 7.28. The van der Waals surface area contributed by atoms with E-state index in [9.17, 15) is 23.1 Å². The summed E-state index contributed by atoms with van der Waals surface area (Å²) in [6, 6.07) is 10.6. The molecule has 1 aromatic heterocycles. The highest BCUT2D eigenvalue weighted by atomic mass is 19.4. The standard InChI is InChI=1S/C31H36F4N4O5/c1-42-18-22(40)16-38-13-11-26(24(32)17-38)37-25-7-4-8-28-23(25)15-21(39(28)19-31(33,34)35)6-5-12-36-27-10-9-20(30(41)44-3)14-29(27)43-2/h4,7-10,14-15,22,24,26,36-37,40H,11-13,16-19H2,1-3H3/t22-,24-,26+/m1/s1. The van der Waals surface area contributed by atoms with Gasteiger partial charge in [-0.2, -0.15) is 13.2 Å². The molecule has 4 rings (SSSR count). The van der Waals surface area contributed by atoms with E-state index in [1.54, 1.807) is 36.4 Å². The minimum absolute atomic E-state index is 0.0771. The van der Waals surface area contributed by atoms with E-state index < -0.39 is 37.0 Å². The molecular formula is C31H36F4N4O5. The Hall–Kier alpha value is -3.99. The Morgan fingerprint density at radius 2 is 1.95 bits per heavy atom. The number of aromatic nitrogens is 1. The number of esters is 1. The third kappa shape index (κ3) is 8.34. The summed E-state index contributed by atoms with van der Waals surface area (Å²) in [7, 11) is 4.20. The Kier molecular flexibility index (Phi) is 11.0. The fourth-order valence-corrected chi connectivity index (χ4v) is 5.26. The monoisotopic (exact) mass is 620 g/mol. The molecule has 13 heteroatoms. The van der Waals surface area contributed by atoms with Crippen LogP contribution in [0.3, 0.4) is 0 Å². The van der Waals surface area contributed by atoms with Gasteiger partial charge in [0.05, 0.1) is 62.0 Å². The van der Waals surface area contributed by atoms with Crippen LogP contribution in [0.15, 0.2) is 42.5 Å². The number of nitrogens with zero attached hydrogens (tertiary/aromatic N) is 2. The maximum absolute atomic E-state index is 15.2. The Bertz CT molecular complexity index is 1500. The van der Waals surface area contributed by atoms with Gasteiger partial charge >= 0.3 is 12.1 Å². The maximum Gasteiger partial charge on any atom is 0.406 e. The molecule has 3 N–H and O–H groups in total. The number of piperidine rings is 1. The van der Waals surface area contributed by atoms with Gasteiger partial charge in [0.1, 0.15) is 18.5 Å². The quantitative estimate of drug-likeness (QED) is 0.166. The van der Waals surface area contributed by atoms with Crippen molar-refractivity contribution < 1.29 is 41.7 Å². The Morgan fingerprint density at radius 3 is 2.64 bits per heavy atom. The maximum atomic E-state index is 15.2. The number of hydrogen-bond donors (Lipinski definition) is 3. The van der Waals surface area contributed by atoms with E-state index in [4.69, 9.17) is 14.2 Å². The summed E-state index contributed by atoms with van der Waals surface area (Å²) in [6.45, 7) is -0.0554. The lowest BCUT2D eigenvalue weighted by Gasteiger charge is -2.36. The van der Waals surface area contributed by atoms with Gasteiger partial charge in [0, 0.05) is 37.8 Å². The lowest BCUT2D eigenvalue weighted by molar-refractivity contribution is -0.140. The zero-order valence-electron chi connectivity index (χ0n) is 24.7. The predicted molar refractivity (Wildman–Crippen MR) is 159 cm³/mol. The number of fused-ring (bicyclic) bond motifs is 1. The summed E-state index contributed by atoms with van der Waals surface area (Å²) >= 11 is 0. The first-order chi connectivity index (χ1) is 21.0. The molecule has 0 aliphatic carbocycles. The number of rotatable bonds is 11. The molecule has 0 saturated carbocycles. The number of likely N-dealkylation sites (tertiary alicyclic amines) is 1. The number of β-amino-alcohol motifs (C(OH)–C–C–N with tert-alkyl or cyclic N) is 1. The molecule has 0 bridgehead atoms. The largest absolute Gasteiger partial charge is 0.495 e. The number of methoxy groups -OCH3 is 3. The van der Waals surface area contributed by atoms with Crippen molar-refractivity contribution in [3.05, 3.63) is 53.7 Å². The lowest BCUT2D eigenvalue weighted by atomic mass is 10.0. The van der Waals surface area contributed by atoms with E-state index in [1.807, 2.05) is 4.90 Å². The van der Waals surface area contributed by atoms with E-state index in [-0.39, 0.29) is 25.4 Å². The highest BCUT2D eigenvalue weighted by Gasteiger charge is 2.32. The van der Waals surface area contributed by atoms with Gasteiger partial charge in [-0.05, 0) is 48.7 Å². The zero-order chi connectivity index (χ0) is 31.9. The fraction of sp³-hybridized carbons (Fsp3) is 0.452. The van der Waals surface area contributed by atoms with Crippen molar-refractivity contribution in [2.45, 2.75) is 37.5 Å². The van der Waals surface area contributed by atoms with Gasteiger partial charge < -0.3 is 34.5 Å². The van der Waals surface area contributed by atoms with Gasteiger partial charge in [-0.25, -0.2) is 9.18 Å². The number of hydrogen-bond acceptors (Lipinski definition) is 8. The normalized spacial score (nSPS) is 17.9. The smallest absolute Gasteiger partial charge is 0.406 e. The number of aliphatic hydroxyl groups is 1. The molecule has 0 spiro atoms. The number of carbonyl (C=O) groups is 1. The van der Waals surface area contributed by atoms with Crippen molar-refractivity contribution in [1.82, 2.24) is 9.47 Å². The third-order valence-electron chi connectivity index (χ3n) is 7.28. The van der Waals surface area contributed by atoms with Crippen molar-refractivity contribution in [2.24, 2.45) is 0 Å². The van der Waals surface area contributed by atoms with Gasteiger partial charge in [0.2, 0.25) is 0 Å². The average molecular weight is 621 g/mol. The summed E-state index contributed by atoms with van der Waals surface area (Å²) in [5, 5.41) is 16.7. The van der Waals surface area contributed by atoms with Crippen LogP contribution in [0.25, 0.3) is 10.9 Å². The molecule has 44 heavy (non-hydrogen) atoms. The number of anilines is 2. The molecule has 1 aliphatic heterocycles. The Morgan fingerprint density at radius 1 is 1.16 bits per heavy atom. The van der Waals surface area contributed by atoms with Crippen LogP contribution in [0.5, 0.6) is 5.75 Å². The second kappa shape index (κ2) is 14.7. The van der Waals surface area contributed by atoms with Crippen molar-refractivity contribution >= 4 is 28.2 Å². The first kappa shape index (κ1) is 32.9. The first-order valence-electron chi connectivity index (χ1n) is 14.0. The molecule has 1 aliphatic rings. The van der Waals surface area contributed by atoms with Gasteiger partial charge in [-0.15, -0.1) is 0 Å². The van der Waals surface area contributed by atoms with E-state index in [2.05, 4.69) is 22.5 Å². The number of ether oxygens (including phenoxy) is 3. The molecule has 3 atom stereocenters. The predicted octanol–water partition coefficient (Wildman–Crippen LogP) is 4.29. The Balaban J connectivity index is 1.53. The first-order valence-corrected chi connectivity index (χ1v) is 14.0. The molecule has 0 unspecified atom stereocenters. The Labute approximate surface area is 253 Å². The van der Waals surface area contributed by atoms with Crippen LogP contribution in [0, 0.1) is 11.8 Å². The van der Waals surface area contributed by atoms with Crippen molar-refractivity contribution in [1.29, 1.82) is 0 Å². The van der Waals surface area contributed by atoms with Crippen LogP contribution in [0.2, 0.25) is 0 Å². The second-order valence-electron chi connectivity index (χ2n) is 10.5. The van der Waals surface area contributed by atoms with Crippen LogP contribution in [-0.4, -0.2) is 99.2 Å². The summed E-state index contributed by atoms with van der Waals surface area (Å²) in [5.74, 6) is 5.55. The molecule has 1 saturated heterocycles. The number of benzene rings is 2. The molecule has 3 aromatic rings. The SMILES string of the molecule is COC[C@H](O)CN1CC[C@H](Nc2cccc3c2cc(C#CCNc2ccc(C(=O)OC)cc2OC)n3CC(F)(F)F)[C@H](F)C1. The van der Waals surface area contributed by atoms with Gasteiger partial charge in [-0.1, -0.05) is 12.0 Å². The molecule has 1 fully saturated rings.